The van der Waals surface area contributed by atoms with Crippen LogP contribution in [0.15, 0.2) is 0 Å². The molecule has 5 nitrogen and oxygen atoms in total. The molecule has 0 aliphatic heterocycles. The molecule has 0 saturated heterocycles. The summed E-state index contributed by atoms with van der Waals surface area (Å²) in [5.74, 6) is 0. The summed E-state index contributed by atoms with van der Waals surface area (Å²) < 4.78 is 15.7. The van der Waals surface area contributed by atoms with E-state index >= 15 is 0 Å². The molecule has 0 unspecified atom stereocenters. The van der Waals surface area contributed by atoms with Gasteiger partial charge in [-0.05, 0) is 0 Å². The first-order valence-corrected chi connectivity index (χ1v) is 2.90. The highest BCUT2D eigenvalue weighted by Crippen LogP contribution is 1.93. The number of hydrogen-bond acceptors (Lipinski definition) is 5. The summed E-state index contributed by atoms with van der Waals surface area (Å²) in [5.41, 5.74) is 0. The second-order valence-corrected chi connectivity index (χ2v) is 2.15. The quantitative estimate of drug-likeness (QED) is 0.239. The van der Waals surface area contributed by atoms with Crippen molar-refractivity contribution in [1.29, 1.82) is 0 Å². The second kappa shape index (κ2) is 4.37. The minimum Gasteiger partial charge on any atom is -0.365 e. The fraction of sp³-hybridized carbons (Fsp3) is 0. The molecule has 0 saturated carbocycles. The van der Waals surface area contributed by atoms with E-state index in [1.54, 1.807) is 0 Å². The molecule has 8 heavy (non-hydrogen) atoms. The van der Waals surface area contributed by atoms with Gasteiger partial charge in [0.1, 0.15) is 0 Å². The number of rotatable bonds is 2. The van der Waals surface area contributed by atoms with Crippen molar-refractivity contribution in [2.24, 2.45) is 0 Å². The van der Waals surface area contributed by atoms with Crippen LogP contribution in [0.5, 0.6) is 0 Å². The third-order valence-corrected chi connectivity index (χ3v) is 0.658. The Kier molecular flexibility index (Phi) is 6.17. The molecule has 0 aromatic carbocycles. The van der Waals surface area contributed by atoms with E-state index in [4.69, 9.17) is 14.8 Å². The first kappa shape index (κ1) is 11.3. The summed E-state index contributed by atoms with van der Waals surface area (Å²) in [4.78, 5) is 15.5. The maximum absolute atomic E-state index is 10.5. The predicted octanol–water partition coefficient (Wildman–Crippen LogP) is -2.39. The molecule has 0 aliphatic rings. The zero-order valence-corrected chi connectivity index (χ0v) is 4.04. The van der Waals surface area contributed by atoms with Crippen LogP contribution in [0.2, 0.25) is 0 Å². The Balaban J connectivity index is 0. The molecule has 0 bridgehead atoms. The van der Waals surface area contributed by atoms with Crippen LogP contribution in [-0.2, 0) is 9.21 Å². The zero-order chi connectivity index (χ0) is 5.91. The standard InChI is InChI=1S/Al.FH3O5Si.3H/c;1-5-7(3,4)6-2;;;/h;2-4H;;;. The Morgan fingerprint density at radius 2 is 1.75 bits per heavy atom. The van der Waals surface area contributed by atoms with Gasteiger partial charge in [0.05, 0.1) is 0 Å². The predicted molar refractivity (Wildman–Crippen MR) is 26.0 cm³/mol. The molecule has 0 amide bonds. The van der Waals surface area contributed by atoms with Gasteiger partial charge in [-0.1, -0.05) is 4.53 Å². The molecule has 50 valence electrons. The third kappa shape index (κ3) is 4.63. The van der Waals surface area contributed by atoms with Crippen molar-refractivity contribution in [3.63, 3.8) is 0 Å². The van der Waals surface area contributed by atoms with Crippen LogP contribution in [0.1, 0.15) is 0 Å². The SMILES string of the molecule is OO[Si](O)(O)OF.[AlH3]. The van der Waals surface area contributed by atoms with E-state index < -0.39 is 9.05 Å². The maximum atomic E-state index is 10.5. The normalized spacial score (nSPS) is 10.5. The molecule has 8 heteroatoms. The molecule has 0 aromatic rings. The van der Waals surface area contributed by atoms with Crippen molar-refractivity contribution in [3.8, 4) is 0 Å². The summed E-state index contributed by atoms with van der Waals surface area (Å²) in [6.45, 7) is 0. The van der Waals surface area contributed by atoms with Gasteiger partial charge in [-0.15, -0.1) is 0 Å². The Labute approximate surface area is 55.7 Å². The van der Waals surface area contributed by atoms with Crippen molar-refractivity contribution in [3.05, 3.63) is 0 Å². The third-order valence-electron chi connectivity index (χ3n) is 0.219. The first-order chi connectivity index (χ1) is 3.12. The lowest BCUT2D eigenvalue weighted by Gasteiger charge is -2.01. The minimum atomic E-state index is -4.76. The average Bonchev–Trinajstić information content (AvgIpc) is 1.68. The molecule has 0 radical (unpaired) electrons. The number of halogens is 1. The molecular weight excluding hydrogens is 154 g/mol. The van der Waals surface area contributed by atoms with Crippen LogP contribution in [0.3, 0.4) is 0 Å². The molecular formula is H6AlFO5Si. The minimum absolute atomic E-state index is 0. The van der Waals surface area contributed by atoms with Gasteiger partial charge in [0.2, 0.25) is 0 Å². The molecule has 0 heterocycles. The van der Waals surface area contributed by atoms with E-state index in [2.05, 4.69) is 9.21 Å². The summed E-state index contributed by atoms with van der Waals surface area (Å²) in [6.07, 6.45) is 0. The molecule has 0 aromatic heterocycles. The molecule has 3 N–H and O–H groups in total. The molecule has 0 spiro atoms. The highest BCUT2D eigenvalue weighted by Gasteiger charge is 2.39. The maximum Gasteiger partial charge on any atom is 0.734 e. The van der Waals surface area contributed by atoms with Crippen LogP contribution >= 0.6 is 0 Å². The highest BCUT2D eigenvalue weighted by molar-refractivity contribution is 6.49. The Bertz CT molecular complexity index is 50.4. The first-order valence-electron chi connectivity index (χ1n) is 1.19. The lowest BCUT2D eigenvalue weighted by Crippen LogP contribution is -2.39. The molecule has 0 atom stereocenters. The van der Waals surface area contributed by atoms with Gasteiger partial charge >= 0.3 is 9.05 Å². The van der Waals surface area contributed by atoms with Crippen LogP contribution in [0.4, 0.5) is 4.53 Å². The average molecular weight is 160 g/mol. The molecule has 0 rings (SSSR count). The summed E-state index contributed by atoms with van der Waals surface area (Å²) in [7, 11) is -4.76. The highest BCUT2D eigenvalue weighted by atomic mass is 28.4. The van der Waals surface area contributed by atoms with Gasteiger partial charge in [0.25, 0.3) is 0 Å². The van der Waals surface area contributed by atoms with Gasteiger partial charge in [-0.3, -0.25) is 5.26 Å². The molecule has 0 fully saturated rings. The second-order valence-electron chi connectivity index (χ2n) is 0.717. The van der Waals surface area contributed by atoms with Crippen molar-refractivity contribution in [2.45, 2.75) is 0 Å². The van der Waals surface area contributed by atoms with Crippen molar-refractivity contribution < 1.29 is 28.6 Å². The van der Waals surface area contributed by atoms with Gasteiger partial charge in [-0.25, -0.2) is 0 Å². The van der Waals surface area contributed by atoms with Crippen LogP contribution in [0.25, 0.3) is 0 Å². The van der Waals surface area contributed by atoms with Gasteiger partial charge in [0.15, 0.2) is 17.4 Å². The van der Waals surface area contributed by atoms with Crippen LogP contribution in [0, 0.1) is 0 Å². The number of hydrogen-bond donors (Lipinski definition) is 3. The summed E-state index contributed by atoms with van der Waals surface area (Å²) in [6, 6.07) is 0. The van der Waals surface area contributed by atoms with Gasteiger partial charge in [-0.2, -0.15) is 9.21 Å². The lowest BCUT2D eigenvalue weighted by molar-refractivity contribution is -0.250. The van der Waals surface area contributed by atoms with Gasteiger partial charge < -0.3 is 9.59 Å². The van der Waals surface area contributed by atoms with E-state index in [1.807, 2.05) is 0 Å². The smallest absolute Gasteiger partial charge is 0.365 e. The Morgan fingerprint density at radius 3 is 1.75 bits per heavy atom. The zero-order valence-electron chi connectivity index (χ0n) is 3.04. The largest absolute Gasteiger partial charge is 0.734 e. The van der Waals surface area contributed by atoms with E-state index in [1.165, 1.54) is 0 Å². The van der Waals surface area contributed by atoms with Crippen molar-refractivity contribution in [2.75, 3.05) is 0 Å². The van der Waals surface area contributed by atoms with E-state index in [9.17, 15) is 4.53 Å². The topological polar surface area (TPSA) is 79.2 Å². The van der Waals surface area contributed by atoms with E-state index in [0.29, 0.717) is 0 Å². The Morgan fingerprint density at radius 1 is 1.38 bits per heavy atom. The fourth-order valence-electron chi connectivity index (χ4n) is 0.0141. The van der Waals surface area contributed by atoms with Crippen LogP contribution in [-0.4, -0.2) is 41.3 Å². The van der Waals surface area contributed by atoms with Gasteiger partial charge in [0, 0.05) is 0 Å². The lowest BCUT2D eigenvalue weighted by atomic mass is 14.9. The fourth-order valence-corrected chi connectivity index (χ4v) is 0.0423. The monoisotopic (exact) mass is 160 g/mol. The summed E-state index contributed by atoms with van der Waals surface area (Å²) in [5, 5.41) is 7.29. The summed E-state index contributed by atoms with van der Waals surface area (Å²) >= 11 is 0. The van der Waals surface area contributed by atoms with Crippen molar-refractivity contribution in [1.82, 2.24) is 0 Å². The van der Waals surface area contributed by atoms with E-state index in [0.717, 1.165) is 0 Å². The van der Waals surface area contributed by atoms with E-state index in [-0.39, 0.29) is 17.4 Å². The molecule has 0 aliphatic carbocycles. The van der Waals surface area contributed by atoms with Crippen molar-refractivity contribution >= 4 is 26.4 Å². The Hall–Kier alpha value is 0.479. The van der Waals surface area contributed by atoms with Crippen LogP contribution < -0.4 is 0 Å².